The Bertz CT molecular complexity index is 373. The van der Waals surface area contributed by atoms with E-state index >= 15 is 0 Å². The van der Waals surface area contributed by atoms with Gasteiger partial charge in [-0.25, -0.2) is 4.39 Å². The van der Waals surface area contributed by atoms with E-state index in [1.165, 1.54) is 0 Å². The zero-order valence-corrected chi connectivity index (χ0v) is 8.77. The predicted molar refractivity (Wildman–Crippen MR) is 49.6 cm³/mol. The summed E-state index contributed by atoms with van der Waals surface area (Å²) in [4.78, 5) is 11.0. The van der Waals surface area contributed by atoms with Crippen LogP contribution in [0.15, 0.2) is 24.3 Å². The van der Waals surface area contributed by atoms with Gasteiger partial charge in [0.25, 0.3) is 0 Å². The van der Waals surface area contributed by atoms with Crippen molar-refractivity contribution in [3.05, 3.63) is 35.4 Å². The Morgan fingerprint density at radius 2 is 1.93 bits per heavy atom. The van der Waals surface area contributed by atoms with E-state index in [9.17, 15) is 22.4 Å². The van der Waals surface area contributed by atoms with Crippen molar-refractivity contribution in [1.29, 1.82) is 0 Å². The minimum absolute atomic E-state index is 0.311. The summed E-state index contributed by atoms with van der Waals surface area (Å²) in [6, 6.07) is 3.63. The van der Waals surface area contributed by atoms with Gasteiger partial charge in [0, 0.05) is 5.56 Å². The van der Waals surface area contributed by atoms with Crippen LogP contribution in [-0.4, -0.2) is 10.9 Å². The van der Waals surface area contributed by atoms with Gasteiger partial charge in [-0.05, 0) is 28.1 Å². The molecule has 0 amide bonds. The van der Waals surface area contributed by atoms with Crippen LogP contribution < -0.4 is 0 Å². The summed E-state index contributed by atoms with van der Waals surface area (Å²) in [6.45, 7) is 0. The number of halogens is 5. The average Bonchev–Trinajstić information content (AvgIpc) is 2.15. The summed E-state index contributed by atoms with van der Waals surface area (Å²) in [7, 11) is 0. The molecule has 1 atom stereocenters. The highest BCUT2D eigenvalue weighted by Crippen LogP contribution is 2.30. The van der Waals surface area contributed by atoms with E-state index < -0.39 is 22.6 Å². The molecule has 0 aliphatic heterocycles. The van der Waals surface area contributed by atoms with Crippen LogP contribution in [0.2, 0.25) is 0 Å². The molecule has 6 heteroatoms. The summed E-state index contributed by atoms with van der Waals surface area (Å²) < 4.78 is 49.1. The SMILES string of the molecule is O=C(c1cccc(C(F)(F)F)c1)C(F)Br. The molecule has 1 rings (SSSR count). The molecule has 1 aromatic rings. The summed E-state index contributed by atoms with van der Waals surface area (Å²) in [5.74, 6) is -1.03. The molecule has 1 aromatic carbocycles. The van der Waals surface area contributed by atoms with Crippen LogP contribution in [-0.2, 0) is 6.18 Å². The van der Waals surface area contributed by atoms with Crippen molar-refractivity contribution in [2.24, 2.45) is 0 Å². The Morgan fingerprint density at radius 3 is 2.40 bits per heavy atom. The van der Waals surface area contributed by atoms with Crippen LogP contribution in [0.1, 0.15) is 15.9 Å². The van der Waals surface area contributed by atoms with E-state index in [4.69, 9.17) is 0 Å². The topological polar surface area (TPSA) is 17.1 Å². The van der Waals surface area contributed by atoms with Gasteiger partial charge in [0.1, 0.15) is 0 Å². The predicted octanol–water partition coefficient (Wildman–Crippen LogP) is 3.58. The van der Waals surface area contributed by atoms with Gasteiger partial charge in [-0.2, -0.15) is 13.2 Å². The van der Waals surface area contributed by atoms with Gasteiger partial charge >= 0.3 is 6.18 Å². The molecule has 0 radical (unpaired) electrons. The second kappa shape index (κ2) is 4.30. The number of carbonyl (C=O) groups is 1. The van der Waals surface area contributed by atoms with Crippen LogP contribution in [0.4, 0.5) is 17.6 Å². The molecule has 0 spiro atoms. The summed E-state index contributed by atoms with van der Waals surface area (Å²) in [5, 5.41) is -1.99. The lowest BCUT2D eigenvalue weighted by molar-refractivity contribution is -0.137. The summed E-state index contributed by atoms with van der Waals surface area (Å²) >= 11 is 2.35. The molecule has 0 aromatic heterocycles. The molecule has 0 saturated heterocycles. The Labute approximate surface area is 91.2 Å². The quantitative estimate of drug-likeness (QED) is 0.461. The third kappa shape index (κ3) is 3.02. The molecule has 0 bridgehead atoms. The van der Waals surface area contributed by atoms with Gasteiger partial charge in [-0.1, -0.05) is 12.1 Å². The number of hydrogen-bond acceptors (Lipinski definition) is 1. The highest BCUT2D eigenvalue weighted by Gasteiger charge is 2.31. The van der Waals surface area contributed by atoms with Crippen molar-refractivity contribution >= 4 is 21.7 Å². The minimum Gasteiger partial charge on any atom is -0.290 e. The molecule has 0 N–H and O–H groups in total. The van der Waals surface area contributed by atoms with E-state index in [0.717, 1.165) is 18.2 Å². The number of hydrogen-bond donors (Lipinski definition) is 0. The number of benzene rings is 1. The second-order valence-electron chi connectivity index (χ2n) is 2.74. The Morgan fingerprint density at radius 1 is 1.33 bits per heavy atom. The van der Waals surface area contributed by atoms with Gasteiger partial charge < -0.3 is 0 Å². The average molecular weight is 285 g/mol. The third-order valence-electron chi connectivity index (χ3n) is 1.67. The van der Waals surface area contributed by atoms with Crippen molar-refractivity contribution < 1.29 is 22.4 Å². The van der Waals surface area contributed by atoms with E-state index in [1.54, 1.807) is 0 Å². The van der Waals surface area contributed by atoms with Crippen LogP contribution in [0.3, 0.4) is 0 Å². The largest absolute Gasteiger partial charge is 0.416 e. The van der Waals surface area contributed by atoms with Crippen LogP contribution >= 0.6 is 15.9 Å². The third-order valence-corrected chi connectivity index (χ3v) is 2.09. The van der Waals surface area contributed by atoms with Crippen molar-refractivity contribution in [3.63, 3.8) is 0 Å². The van der Waals surface area contributed by atoms with Crippen molar-refractivity contribution in [2.45, 2.75) is 11.3 Å². The maximum Gasteiger partial charge on any atom is 0.416 e. The lowest BCUT2D eigenvalue weighted by atomic mass is 10.1. The van der Waals surface area contributed by atoms with Crippen LogP contribution in [0.5, 0.6) is 0 Å². The Kier molecular flexibility index (Phi) is 3.49. The first-order chi connectivity index (χ1) is 6.82. The molecule has 0 heterocycles. The van der Waals surface area contributed by atoms with Crippen molar-refractivity contribution in [1.82, 2.24) is 0 Å². The Balaban J connectivity index is 3.09. The van der Waals surface area contributed by atoms with Crippen molar-refractivity contribution in [3.8, 4) is 0 Å². The maximum absolute atomic E-state index is 12.5. The molecule has 15 heavy (non-hydrogen) atoms. The second-order valence-corrected chi connectivity index (χ2v) is 3.55. The number of ketones is 1. The van der Waals surface area contributed by atoms with Crippen molar-refractivity contribution in [2.75, 3.05) is 0 Å². The van der Waals surface area contributed by atoms with Gasteiger partial charge in [-0.3, -0.25) is 4.79 Å². The van der Waals surface area contributed by atoms with E-state index in [2.05, 4.69) is 15.9 Å². The highest BCUT2D eigenvalue weighted by molar-refractivity contribution is 9.09. The van der Waals surface area contributed by atoms with E-state index in [-0.39, 0.29) is 5.56 Å². The normalized spacial score (nSPS) is 13.7. The monoisotopic (exact) mass is 284 g/mol. The zero-order chi connectivity index (χ0) is 11.6. The molecule has 0 aliphatic carbocycles. The molecule has 82 valence electrons. The zero-order valence-electron chi connectivity index (χ0n) is 7.18. The molecular formula is C9H5BrF4O. The first kappa shape index (κ1) is 12.2. The van der Waals surface area contributed by atoms with Gasteiger partial charge in [-0.15, -0.1) is 0 Å². The fourth-order valence-electron chi connectivity index (χ4n) is 0.975. The fraction of sp³-hybridized carbons (Fsp3) is 0.222. The number of carbonyl (C=O) groups excluding carboxylic acids is 1. The van der Waals surface area contributed by atoms with E-state index in [0.29, 0.717) is 6.07 Å². The minimum atomic E-state index is -4.53. The molecular weight excluding hydrogens is 280 g/mol. The maximum atomic E-state index is 12.5. The van der Waals surface area contributed by atoms with E-state index in [1.807, 2.05) is 0 Å². The van der Waals surface area contributed by atoms with Gasteiger partial charge in [0.15, 0.2) is 0 Å². The fourth-order valence-corrected chi connectivity index (χ4v) is 1.24. The molecule has 1 nitrogen and oxygen atoms in total. The number of alkyl halides is 5. The molecule has 0 saturated carbocycles. The van der Waals surface area contributed by atoms with Crippen LogP contribution in [0.25, 0.3) is 0 Å². The highest BCUT2D eigenvalue weighted by atomic mass is 79.9. The molecule has 0 fully saturated rings. The lowest BCUT2D eigenvalue weighted by Gasteiger charge is -2.07. The Hall–Kier alpha value is -0.910. The molecule has 0 aliphatic rings. The van der Waals surface area contributed by atoms with Crippen LogP contribution in [0, 0.1) is 0 Å². The standard InChI is InChI=1S/C9H5BrF4O/c10-8(11)7(15)5-2-1-3-6(4-5)9(12,13)14/h1-4,8H. The summed E-state index contributed by atoms with van der Waals surface area (Å²) in [6.07, 6.45) is -4.53. The lowest BCUT2D eigenvalue weighted by Crippen LogP contribution is -2.11. The smallest absolute Gasteiger partial charge is 0.290 e. The first-order valence-electron chi connectivity index (χ1n) is 3.82. The first-order valence-corrected chi connectivity index (χ1v) is 4.73. The summed E-state index contributed by atoms with van der Waals surface area (Å²) in [5.41, 5.74) is -1.28. The number of rotatable bonds is 2. The van der Waals surface area contributed by atoms with Gasteiger partial charge in [0.05, 0.1) is 5.56 Å². The molecule has 1 unspecified atom stereocenters. The number of Topliss-reactive ketones (excluding diaryl/α,β-unsaturated/α-hetero) is 1. The van der Waals surface area contributed by atoms with Gasteiger partial charge in [0.2, 0.25) is 10.9 Å².